The molecule has 1 aliphatic rings. The van der Waals surface area contributed by atoms with Crippen LogP contribution in [0.15, 0.2) is 17.6 Å². The number of ether oxygens (including phenoxy) is 1. The van der Waals surface area contributed by atoms with E-state index in [9.17, 15) is 0 Å². The maximum Gasteiger partial charge on any atom is 0.187 e. The van der Waals surface area contributed by atoms with Crippen molar-refractivity contribution in [1.82, 2.24) is 9.97 Å². The molecule has 0 radical (unpaired) electrons. The monoisotopic (exact) mass is 211 g/mol. The largest absolute Gasteiger partial charge is 0.396 e. The average Bonchev–Trinajstić information content (AvgIpc) is 2.70. The second-order valence-electron chi connectivity index (χ2n) is 3.25. The third-order valence-corrected chi connectivity index (χ3v) is 3.08. The number of rotatable bonds is 3. The highest BCUT2D eigenvalue weighted by molar-refractivity contribution is 7.99. The van der Waals surface area contributed by atoms with Gasteiger partial charge in [0, 0.05) is 12.4 Å². The molecular weight excluding hydrogens is 198 g/mol. The molecule has 14 heavy (non-hydrogen) atoms. The zero-order valence-electron chi connectivity index (χ0n) is 7.85. The smallest absolute Gasteiger partial charge is 0.187 e. The molecule has 0 amide bonds. The normalized spacial score (nSPS) is 21.3. The third-order valence-electron chi connectivity index (χ3n) is 2.07. The van der Waals surface area contributed by atoms with Crippen LogP contribution in [0.1, 0.15) is 12.8 Å². The quantitative estimate of drug-likeness (QED) is 0.603. The van der Waals surface area contributed by atoms with Crippen LogP contribution in [-0.4, -0.2) is 28.4 Å². The Kier molecular flexibility index (Phi) is 3.21. The molecule has 2 rings (SSSR count). The summed E-state index contributed by atoms with van der Waals surface area (Å²) in [4.78, 5) is 8.22. The van der Waals surface area contributed by atoms with E-state index in [0.29, 0.717) is 11.8 Å². The first-order valence-corrected chi connectivity index (χ1v) is 5.65. The Morgan fingerprint density at radius 3 is 2.93 bits per heavy atom. The van der Waals surface area contributed by atoms with Crippen molar-refractivity contribution in [1.29, 1.82) is 0 Å². The van der Waals surface area contributed by atoms with Crippen LogP contribution in [0.5, 0.6) is 0 Å². The molecule has 1 fully saturated rings. The molecule has 0 aliphatic carbocycles. The Morgan fingerprint density at radius 1 is 1.50 bits per heavy atom. The Balaban J connectivity index is 1.82. The van der Waals surface area contributed by atoms with Gasteiger partial charge in [0.2, 0.25) is 0 Å². The fraction of sp³-hybridized carbons (Fsp3) is 0.556. The van der Waals surface area contributed by atoms with Crippen molar-refractivity contribution in [2.75, 3.05) is 18.1 Å². The first-order valence-electron chi connectivity index (χ1n) is 4.66. The highest BCUT2D eigenvalue weighted by Crippen LogP contribution is 2.20. The molecule has 4 nitrogen and oxygen atoms in total. The zero-order chi connectivity index (χ0) is 9.80. The summed E-state index contributed by atoms with van der Waals surface area (Å²) in [6.07, 6.45) is 5.96. The predicted molar refractivity (Wildman–Crippen MR) is 56.1 cm³/mol. The number of aromatic nitrogens is 2. The second-order valence-corrected chi connectivity index (χ2v) is 4.23. The van der Waals surface area contributed by atoms with Gasteiger partial charge >= 0.3 is 0 Å². The molecule has 2 N–H and O–H groups in total. The van der Waals surface area contributed by atoms with E-state index >= 15 is 0 Å². The number of thioether (sulfide) groups is 1. The lowest BCUT2D eigenvalue weighted by Gasteiger charge is -2.06. The van der Waals surface area contributed by atoms with Crippen molar-refractivity contribution in [3.05, 3.63) is 12.4 Å². The van der Waals surface area contributed by atoms with E-state index in [4.69, 9.17) is 10.5 Å². The van der Waals surface area contributed by atoms with E-state index < -0.39 is 0 Å². The van der Waals surface area contributed by atoms with E-state index in [1.54, 1.807) is 24.2 Å². The van der Waals surface area contributed by atoms with Crippen molar-refractivity contribution in [3.63, 3.8) is 0 Å². The Morgan fingerprint density at radius 2 is 2.29 bits per heavy atom. The van der Waals surface area contributed by atoms with Crippen molar-refractivity contribution < 1.29 is 4.74 Å². The SMILES string of the molecule is Nc1cnc(SCC2CCCO2)nc1. The van der Waals surface area contributed by atoms with Crippen LogP contribution in [-0.2, 0) is 4.74 Å². The van der Waals surface area contributed by atoms with E-state index in [1.807, 2.05) is 0 Å². The molecule has 2 heterocycles. The van der Waals surface area contributed by atoms with Crippen molar-refractivity contribution in [3.8, 4) is 0 Å². The number of nitrogens with zero attached hydrogens (tertiary/aromatic N) is 2. The van der Waals surface area contributed by atoms with Gasteiger partial charge in [0.15, 0.2) is 5.16 Å². The first-order chi connectivity index (χ1) is 6.84. The second kappa shape index (κ2) is 4.61. The summed E-state index contributed by atoms with van der Waals surface area (Å²) in [6, 6.07) is 0. The summed E-state index contributed by atoms with van der Waals surface area (Å²) in [6.45, 7) is 0.897. The Hall–Kier alpha value is -0.810. The topological polar surface area (TPSA) is 61.0 Å². The van der Waals surface area contributed by atoms with Gasteiger partial charge in [-0.1, -0.05) is 11.8 Å². The molecule has 76 valence electrons. The first kappa shape index (κ1) is 9.73. The zero-order valence-corrected chi connectivity index (χ0v) is 8.67. The van der Waals surface area contributed by atoms with Gasteiger partial charge in [0.05, 0.1) is 24.2 Å². The molecule has 0 spiro atoms. The molecule has 1 aromatic rings. The Bertz CT molecular complexity index is 285. The average molecular weight is 211 g/mol. The van der Waals surface area contributed by atoms with Gasteiger partial charge in [0.1, 0.15) is 0 Å². The third kappa shape index (κ3) is 2.59. The Labute approximate surface area is 87.3 Å². The molecule has 1 unspecified atom stereocenters. The van der Waals surface area contributed by atoms with Gasteiger partial charge in [0.25, 0.3) is 0 Å². The van der Waals surface area contributed by atoms with Gasteiger partial charge in [-0.15, -0.1) is 0 Å². The van der Waals surface area contributed by atoms with E-state index in [-0.39, 0.29) is 0 Å². The van der Waals surface area contributed by atoms with Gasteiger partial charge in [-0.2, -0.15) is 0 Å². The highest BCUT2D eigenvalue weighted by atomic mass is 32.2. The number of hydrogen-bond donors (Lipinski definition) is 1. The molecule has 0 saturated carbocycles. The van der Waals surface area contributed by atoms with E-state index in [1.165, 1.54) is 6.42 Å². The summed E-state index contributed by atoms with van der Waals surface area (Å²) in [5.41, 5.74) is 6.09. The highest BCUT2D eigenvalue weighted by Gasteiger charge is 2.15. The molecule has 1 aromatic heterocycles. The fourth-order valence-electron chi connectivity index (χ4n) is 1.34. The number of anilines is 1. The van der Waals surface area contributed by atoms with Gasteiger partial charge in [-0.3, -0.25) is 0 Å². The molecule has 0 bridgehead atoms. The van der Waals surface area contributed by atoms with Crippen LogP contribution in [0, 0.1) is 0 Å². The van der Waals surface area contributed by atoms with Crippen LogP contribution in [0.2, 0.25) is 0 Å². The fourth-order valence-corrected chi connectivity index (χ4v) is 2.20. The van der Waals surface area contributed by atoms with Crippen LogP contribution in [0.4, 0.5) is 5.69 Å². The summed E-state index contributed by atoms with van der Waals surface area (Å²) < 4.78 is 5.50. The van der Waals surface area contributed by atoms with E-state index in [2.05, 4.69) is 9.97 Å². The predicted octanol–water partition coefficient (Wildman–Crippen LogP) is 1.33. The van der Waals surface area contributed by atoms with E-state index in [0.717, 1.165) is 23.9 Å². The van der Waals surface area contributed by atoms with Crippen molar-refractivity contribution >= 4 is 17.4 Å². The molecule has 1 atom stereocenters. The number of hydrogen-bond acceptors (Lipinski definition) is 5. The summed E-state index contributed by atoms with van der Waals surface area (Å²) in [5.74, 6) is 0.934. The summed E-state index contributed by atoms with van der Waals surface area (Å²) >= 11 is 1.62. The minimum Gasteiger partial charge on any atom is -0.396 e. The van der Waals surface area contributed by atoms with Gasteiger partial charge < -0.3 is 10.5 Å². The molecular formula is C9H13N3OS. The lowest BCUT2D eigenvalue weighted by Crippen LogP contribution is -2.08. The van der Waals surface area contributed by atoms with Crippen molar-refractivity contribution in [2.45, 2.75) is 24.1 Å². The molecule has 1 saturated heterocycles. The van der Waals surface area contributed by atoms with Crippen LogP contribution >= 0.6 is 11.8 Å². The summed E-state index contributed by atoms with van der Waals surface area (Å²) in [7, 11) is 0. The molecule has 5 heteroatoms. The minimum absolute atomic E-state index is 0.376. The maximum atomic E-state index is 5.50. The lowest BCUT2D eigenvalue weighted by molar-refractivity contribution is 0.129. The van der Waals surface area contributed by atoms with Crippen LogP contribution in [0.3, 0.4) is 0 Å². The van der Waals surface area contributed by atoms with Gasteiger partial charge in [-0.05, 0) is 12.8 Å². The number of nitrogens with two attached hydrogens (primary N) is 1. The van der Waals surface area contributed by atoms with Gasteiger partial charge in [-0.25, -0.2) is 9.97 Å². The number of nitrogen functional groups attached to an aromatic ring is 1. The maximum absolute atomic E-state index is 5.50. The lowest BCUT2D eigenvalue weighted by atomic mass is 10.3. The van der Waals surface area contributed by atoms with Crippen molar-refractivity contribution in [2.24, 2.45) is 0 Å². The van der Waals surface area contributed by atoms with Crippen LogP contribution < -0.4 is 5.73 Å². The molecule has 1 aliphatic heterocycles. The molecule has 0 aromatic carbocycles. The van der Waals surface area contributed by atoms with Crippen LogP contribution in [0.25, 0.3) is 0 Å². The minimum atomic E-state index is 0.376. The standard InChI is InChI=1S/C9H13N3OS/c10-7-4-11-9(12-5-7)14-6-8-2-1-3-13-8/h4-5,8H,1-3,6,10H2. The summed E-state index contributed by atoms with van der Waals surface area (Å²) in [5, 5.41) is 0.773.